The van der Waals surface area contributed by atoms with Crippen LogP contribution in [0.2, 0.25) is 0 Å². The molecule has 0 bridgehead atoms. The Morgan fingerprint density at radius 3 is 2.78 bits per heavy atom. The van der Waals surface area contributed by atoms with Gasteiger partial charge in [-0.1, -0.05) is 18.6 Å². The van der Waals surface area contributed by atoms with Gasteiger partial charge < -0.3 is 5.73 Å². The number of rotatable bonds is 5. The molecule has 1 aromatic carbocycles. The molecule has 0 saturated carbocycles. The van der Waals surface area contributed by atoms with Crippen molar-refractivity contribution >= 4 is 5.91 Å². The number of benzene rings is 1. The molecule has 7 heteroatoms. The Morgan fingerprint density at radius 1 is 1.35 bits per heavy atom. The van der Waals surface area contributed by atoms with Crippen molar-refractivity contribution in [3.63, 3.8) is 0 Å². The summed E-state index contributed by atoms with van der Waals surface area (Å²) in [5.41, 5.74) is 6.39. The van der Waals surface area contributed by atoms with Crippen LogP contribution in [0.4, 0.5) is 4.39 Å². The summed E-state index contributed by atoms with van der Waals surface area (Å²) in [7, 11) is 0. The van der Waals surface area contributed by atoms with Gasteiger partial charge >= 0.3 is 0 Å². The van der Waals surface area contributed by atoms with Crippen LogP contribution < -0.4 is 5.73 Å². The number of halogens is 1. The monoisotopic (exact) mass is 317 g/mol. The lowest BCUT2D eigenvalue weighted by molar-refractivity contribution is -0.125. The van der Waals surface area contributed by atoms with E-state index in [0.29, 0.717) is 6.54 Å². The minimum atomic E-state index is -0.551. The summed E-state index contributed by atoms with van der Waals surface area (Å²) in [6, 6.07) is 5.58. The third-order valence-corrected chi connectivity index (χ3v) is 4.32. The van der Waals surface area contributed by atoms with E-state index in [1.807, 2.05) is 0 Å². The molecule has 2 N–H and O–H groups in total. The van der Waals surface area contributed by atoms with Crippen molar-refractivity contribution in [2.24, 2.45) is 5.73 Å². The number of amides is 1. The van der Waals surface area contributed by atoms with Gasteiger partial charge in [0.2, 0.25) is 5.91 Å². The molecule has 3 rings (SSSR count). The lowest BCUT2D eigenvalue weighted by atomic mass is 9.95. The molecule has 0 aliphatic carbocycles. The van der Waals surface area contributed by atoms with E-state index < -0.39 is 11.9 Å². The summed E-state index contributed by atoms with van der Waals surface area (Å²) >= 11 is 0. The van der Waals surface area contributed by atoms with Crippen molar-refractivity contribution in [1.29, 1.82) is 0 Å². The van der Waals surface area contributed by atoms with E-state index in [2.05, 4.69) is 15.0 Å². The minimum absolute atomic E-state index is 0.146. The molecular weight excluding hydrogens is 297 g/mol. The van der Waals surface area contributed by atoms with Crippen LogP contribution in [0.25, 0.3) is 0 Å². The molecule has 2 heterocycles. The molecule has 0 unspecified atom stereocenters. The van der Waals surface area contributed by atoms with E-state index in [4.69, 9.17) is 5.73 Å². The number of piperidine rings is 1. The third-order valence-electron chi connectivity index (χ3n) is 4.32. The summed E-state index contributed by atoms with van der Waals surface area (Å²) in [5, 5.41) is 4.15. The summed E-state index contributed by atoms with van der Waals surface area (Å²) in [5.74, 6) is -0.739. The number of hydrogen-bond donors (Lipinski definition) is 1. The molecule has 0 spiro atoms. The van der Waals surface area contributed by atoms with E-state index in [9.17, 15) is 9.18 Å². The fourth-order valence-electron chi connectivity index (χ4n) is 3.27. The van der Waals surface area contributed by atoms with Gasteiger partial charge in [0.1, 0.15) is 24.5 Å². The van der Waals surface area contributed by atoms with E-state index in [1.165, 1.54) is 18.5 Å². The van der Waals surface area contributed by atoms with Crippen molar-refractivity contribution in [2.45, 2.75) is 37.9 Å². The van der Waals surface area contributed by atoms with E-state index in [0.717, 1.165) is 31.4 Å². The summed E-state index contributed by atoms with van der Waals surface area (Å²) in [6.45, 7) is 1.44. The number of nitrogens with two attached hydrogens (primary N) is 1. The van der Waals surface area contributed by atoms with Gasteiger partial charge in [-0.15, -0.1) is 0 Å². The molecule has 1 fully saturated rings. The van der Waals surface area contributed by atoms with Crippen LogP contribution in [-0.2, 0) is 11.3 Å². The fourth-order valence-corrected chi connectivity index (χ4v) is 3.27. The Kier molecular flexibility index (Phi) is 4.66. The molecule has 23 heavy (non-hydrogen) atoms. The maximum atomic E-state index is 13.2. The molecule has 2 atom stereocenters. The Bertz CT molecular complexity index is 643. The number of hydrogen-bond acceptors (Lipinski definition) is 4. The van der Waals surface area contributed by atoms with Gasteiger partial charge in [0, 0.05) is 6.04 Å². The standard InChI is InChI=1S/C16H20FN5O/c17-13-6-4-12(5-7-13)15(16(18)23)22-8-2-1-3-14(22)9-21-11-19-10-20-21/h4-7,10-11,14-15H,1-3,8-9H2,(H2,18,23)/t14-,15-/m0/s1. The molecule has 1 amide bonds. The second-order valence-electron chi connectivity index (χ2n) is 5.86. The Labute approximate surface area is 134 Å². The second kappa shape index (κ2) is 6.87. The Morgan fingerprint density at radius 2 is 2.13 bits per heavy atom. The predicted molar refractivity (Wildman–Crippen MR) is 82.7 cm³/mol. The van der Waals surface area contributed by atoms with Gasteiger partial charge in [-0.2, -0.15) is 5.10 Å². The van der Waals surface area contributed by atoms with Crippen molar-refractivity contribution in [1.82, 2.24) is 19.7 Å². The largest absolute Gasteiger partial charge is 0.368 e. The van der Waals surface area contributed by atoms with Crippen molar-refractivity contribution in [3.05, 3.63) is 48.3 Å². The first kappa shape index (κ1) is 15.6. The van der Waals surface area contributed by atoms with Crippen LogP contribution in [0.3, 0.4) is 0 Å². The molecule has 1 saturated heterocycles. The highest BCUT2D eigenvalue weighted by Gasteiger charge is 2.33. The lowest BCUT2D eigenvalue weighted by Gasteiger charge is -2.40. The van der Waals surface area contributed by atoms with Gasteiger partial charge in [-0.3, -0.25) is 14.4 Å². The van der Waals surface area contributed by atoms with Gasteiger partial charge in [0.05, 0.1) is 6.54 Å². The zero-order valence-corrected chi connectivity index (χ0v) is 12.8. The van der Waals surface area contributed by atoms with Gasteiger partial charge in [-0.05, 0) is 37.1 Å². The molecule has 1 aromatic heterocycles. The highest BCUT2D eigenvalue weighted by Crippen LogP contribution is 2.29. The first-order valence-corrected chi connectivity index (χ1v) is 7.78. The summed E-state index contributed by atoms with van der Waals surface area (Å²) < 4.78 is 14.9. The smallest absolute Gasteiger partial charge is 0.239 e. The zero-order valence-electron chi connectivity index (χ0n) is 12.8. The minimum Gasteiger partial charge on any atom is -0.368 e. The van der Waals surface area contributed by atoms with Gasteiger partial charge in [0.15, 0.2) is 0 Å². The quantitative estimate of drug-likeness (QED) is 0.906. The molecule has 0 radical (unpaired) electrons. The van der Waals surface area contributed by atoms with Crippen LogP contribution in [0.5, 0.6) is 0 Å². The number of aromatic nitrogens is 3. The van der Waals surface area contributed by atoms with Crippen LogP contribution in [0.1, 0.15) is 30.9 Å². The fraction of sp³-hybridized carbons (Fsp3) is 0.438. The number of carbonyl (C=O) groups is 1. The van der Waals surface area contributed by atoms with E-state index >= 15 is 0 Å². The zero-order chi connectivity index (χ0) is 16.2. The molecule has 1 aliphatic rings. The number of nitrogens with zero attached hydrogens (tertiary/aromatic N) is 4. The van der Waals surface area contributed by atoms with Gasteiger partial charge in [0.25, 0.3) is 0 Å². The van der Waals surface area contributed by atoms with Crippen LogP contribution in [-0.4, -0.2) is 38.2 Å². The van der Waals surface area contributed by atoms with E-state index in [-0.39, 0.29) is 11.9 Å². The molecule has 1 aliphatic heterocycles. The number of carbonyl (C=O) groups excluding carboxylic acids is 1. The topological polar surface area (TPSA) is 77.0 Å². The third kappa shape index (κ3) is 3.56. The average molecular weight is 317 g/mol. The maximum Gasteiger partial charge on any atom is 0.239 e. The maximum absolute atomic E-state index is 13.2. The van der Waals surface area contributed by atoms with Gasteiger partial charge in [-0.25, -0.2) is 9.37 Å². The summed E-state index contributed by atoms with van der Waals surface area (Å²) in [6.07, 6.45) is 6.25. The normalized spacial score (nSPS) is 20.3. The van der Waals surface area contributed by atoms with E-state index in [1.54, 1.807) is 23.1 Å². The predicted octanol–water partition coefficient (Wildman–Crippen LogP) is 1.50. The van der Waals surface area contributed by atoms with Crippen LogP contribution in [0, 0.1) is 5.82 Å². The van der Waals surface area contributed by atoms with Crippen molar-refractivity contribution in [3.8, 4) is 0 Å². The molecule has 6 nitrogen and oxygen atoms in total. The van der Waals surface area contributed by atoms with Crippen LogP contribution >= 0.6 is 0 Å². The average Bonchev–Trinajstić information content (AvgIpc) is 3.04. The molecule has 122 valence electrons. The number of likely N-dealkylation sites (tertiary alicyclic amines) is 1. The second-order valence-corrected chi connectivity index (χ2v) is 5.86. The number of primary amides is 1. The first-order chi connectivity index (χ1) is 11.1. The lowest BCUT2D eigenvalue weighted by Crippen LogP contribution is -2.48. The SMILES string of the molecule is NC(=O)[C@H](c1ccc(F)cc1)N1CCCC[C@H]1Cn1cncn1. The van der Waals surface area contributed by atoms with Crippen molar-refractivity contribution in [2.75, 3.05) is 6.54 Å². The highest BCUT2D eigenvalue weighted by molar-refractivity contribution is 5.81. The summed E-state index contributed by atoms with van der Waals surface area (Å²) in [4.78, 5) is 18.2. The Balaban J connectivity index is 1.86. The van der Waals surface area contributed by atoms with Crippen LogP contribution in [0.15, 0.2) is 36.9 Å². The molecular formula is C16H20FN5O. The van der Waals surface area contributed by atoms with Crippen molar-refractivity contribution < 1.29 is 9.18 Å². The first-order valence-electron chi connectivity index (χ1n) is 7.78. The molecule has 2 aromatic rings. The Hall–Kier alpha value is -2.28. The highest BCUT2D eigenvalue weighted by atomic mass is 19.1.